The third-order valence-corrected chi connectivity index (χ3v) is 4.03. The van der Waals surface area contributed by atoms with Gasteiger partial charge >= 0.3 is 12.1 Å². The van der Waals surface area contributed by atoms with Crippen LogP contribution in [-0.2, 0) is 0 Å². The van der Waals surface area contributed by atoms with E-state index in [2.05, 4.69) is 5.32 Å². The molecule has 6 nitrogen and oxygen atoms in total. The quantitative estimate of drug-likeness (QED) is 0.648. The Morgan fingerprint density at radius 3 is 2.58 bits per heavy atom. The summed E-state index contributed by atoms with van der Waals surface area (Å²) in [5.74, 6) is 5.64. The molecule has 0 aromatic heterocycles. The zero-order valence-electron chi connectivity index (χ0n) is 9.76. The maximum atomic E-state index is 12.1. The highest BCUT2D eigenvalue weighted by Gasteiger charge is 2.37. The van der Waals surface area contributed by atoms with E-state index in [4.69, 9.17) is 29.0 Å². The van der Waals surface area contributed by atoms with Gasteiger partial charge in [0.25, 0.3) is 0 Å². The first kappa shape index (κ1) is 14.3. The van der Waals surface area contributed by atoms with Gasteiger partial charge in [0.05, 0.1) is 15.7 Å². The van der Waals surface area contributed by atoms with Crippen molar-refractivity contribution in [3.05, 3.63) is 28.2 Å². The Kier molecular flexibility index (Phi) is 4.10. The molecule has 0 bridgehead atoms. The van der Waals surface area contributed by atoms with Crippen molar-refractivity contribution in [2.45, 2.75) is 5.50 Å². The van der Waals surface area contributed by atoms with Gasteiger partial charge in [0.1, 0.15) is 0 Å². The Morgan fingerprint density at radius 1 is 1.32 bits per heavy atom. The predicted molar refractivity (Wildman–Crippen MR) is 76.2 cm³/mol. The number of hydrogen-bond acceptors (Lipinski definition) is 4. The van der Waals surface area contributed by atoms with E-state index in [1.54, 1.807) is 6.26 Å². The number of anilines is 1. The van der Waals surface area contributed by atoms with Gasteiger partial charge < -0.3 is 5.32 Å². The lowest BCUT2D eigenvalue weighted by Gasteiger charge is -2.37. The number of hydrogen-bond donors (Lipinski definition) is 2. The molecule has 19 heavy (non-hydrogen) atoms. The van der Waals surface area contributed by atoms with Crippen LogP contribution in [0.1, 0.15) is 0 Å². The first-order valence-corrected chi connectivity index (χ1v) is 7.16. The molecule has 1 atom stereocenters. The number of benzene rings is 1. The Bertz CT molecular complexity index is 542. The molecule has 1 aliphatic rings. The van der Waals surface area contributed by atoms with E-state index in [-0.39, 0.29) is 5.02 Å². The van der Waals surface area contributed by atoms with Crippen molar-refractivity contribution in [1.82, 2.24) is 10.3 Å². The van der Waals surface area contributed by atoms with Gasteiger partial charge in [0, 0.05) is 0 Å². The van der Waals surface area contributed by atoms with Gasteiger partial charge in [0.2, 0.25) is 0 Å². The van der Waals surface area contributed by atoms with Gasteiger partial charge in [-0.15, -0.1) is 11.8 Å². The molecule has 0 spiro atoms. The molecule has 4 amide bonds. The number of rotatable bonds is 2. The number of amides is 4. The molecule has 2 rings (SSSR count). The van der Waals surface area contributed by atoms with Crippen LogP contribution in [-0.4, -0.2) is 28.8 Å². The summed E-state index contributed by atoms with van der Waals surface area (Å²) in [6, 6.07) is 3.24. The number of nitrogens with one attached hydrogen (secondary N) is 1. The average Bonchev–Trinajstić information content (AvgIpc) is 2.38. The fourth-order valence-electron chi connectivity index (χ4n) is 1.57. The van der Waals surface area contributed by atoms with Gasteiger partial charge in [0.15, 0.2) is 5.50 Å². The highest BCUT2D eigenvalue weighted by Crippen LogP contribution is 2.29. The fraction of sp³-hybridized carbons (Fsp3) is 0.200. The van der Waals surface area contributed by atoms with Crippen LogP contribution < -0.4 is 16.1 Å². The van der Waals surface area contributed by atoms with Crippen LogP contribution >= 0.6 is 35.0 Å². The summed E-state index contributed by atoms with van der Waals surface area (Å²) >= 11 is 12.9. The Morgan fingerprint density at radius 2 is 2.00 bits per heavy atom. The Labute approximate surface area is 123 Å². The van der Waals surface area contributed by atoms with Crippen LogP contribution in [0.3, 0.4) is 0 Å². The lowest BCUT2D eigenvalue weighted by atomic mass is 10.3. The van der Waals surface area contributed by atoms with Crippen molar-refractivity contribution in [3.63, 3.8) is 0 Å². The van der Waals surface area contributed by atoms with Crippen LogP contribution in [0.5, 0.6) is 0 Å². The van der Waals surface area contributed by atoms with Crippen LogP contribution in [0.25, 0.3) is 0 Å². The maximum absolute atomic E-state index is 12.1. The topological polar surface area (TPSA) is 78.7 Å². The minimum Gasteiger partial charge on any atom is -0.307 e. The number of imide groups is 1. The van der Waals surface area contributed by atoms with E-state index in [9.17, 15) is 9.59 Å². The number of thioether (sulfide) groups is 1. The SMILES string of the molecule is CSC1NC(=O)N(c2ccc(Cl)c(Cl)c2)C(=O)N1N. The second kappa shape index (κ2) is 5.46. The Balaban J connectivity index is 2.36. The normalized spacial score (nSPS) is 19.7. The summed E-state index contributed by atoms with van der Waals surface area (Å²) in [6.45, 7) is 0. The minimum absolute atomic E-state index is 0.246. The van der Waals surface area contributed by atoms with Crippen LogP contribution in [0, 0.1) is 0 Å². The first-order chi connectivity index (χ1) is 8.95. The smallest absolute Gasteiger partial charge is 0.307 e. The molecule has 1 aromatic carbocycles. The molecule has 1 aliphatic heterocycles. The predicted octanol–water partition coefficient (Wildman–Crippen LogP) is 2.47. The van der Waals surface area contributed by atoms with Crippen molar-refractivity contribution in [1.29, 1.82) is 0 Å². The minimum atomic E-state index is -0.638. The van der Waals surface area contributed by atoms with Gasteiger partial charge in [-0.1, -0.05) is 23.2 Å². The summed E-state index contributed by atoms with van der Waals surface area (Å²) < 4.78 is 0. The average molecular weight is 321 g/mol. The number of nitrogens with two attached hydrogens (primary N) is 1. The number of carbonyl (C=O) groups excluding carboxylic acids is 2. The van der Waals surface area contributed by atoms with Crippen molar-refractivity contribution >= 4 is 52.7 Å². The Hall–Kier alpha value is -1.15. The molecule has 0 radical (unpaired) electrons. The van der Waals surface area contributed by atoms with E-state index in [1.165, 1.54) is 30.0 Å². The van der Waals surface area contributed by atoms with Crippen molar-refractivity contribution in [2.75, 3.05) is 11.2 Å². The van der Waals surface area contributed by atoms with Crippen LogP contribution in [0.4, 0.5) is 15.3 Å². The number of nitrogens with zero attached hydrogens (tertiary/aromatic N) is 2. The van der Waals surface area contributed by atoms with Gasteiger partial charge in [-0.2, -0.15) is 0 Å². The van der Waals surface area contributed by atoms with Crippen molar-refractivity contribution < 1.29 is 9.59 Å². The third-order valence-electron chi connectivity index (χ3n) is 2.50. The highest BCUT2D eigenvalue weighted by atomic mass is 35.5. The van der Waals surface area contributed by atoms with Crippen LogP contribution in [0.2, 0.25) is 10.0 Å². The molecule has 1 unspecified atom stereocenters. The van der Waals surface area contributed by atoms with E-state index in [0.717, 1.165) is 9.91 Å². The molecule has 1 heterocycles. The number of carbonyl (C=O) groups is 2. The number of urea groups is 2. The molecule has 1 aromatic rings. The molecular formula is C10H10Cl2N4O2S. The van der Waals surface area contributed by atoms with Gasteiger partial charge in [-0.3, -0.25) is 0 Å². The van der Waals surface area contributed by atoms with E-state index in [0.29, 0.717) is 10.7 Å². The van der Waals surface area contributed by atoms with Gasteiger partial charge in [-0.05, 0) is 24.5 Å². The molecule has 1 fully saturated rings. The van der Waals surface area contributed by atoms with E-state index < -0.39 is 17.6 Å². The van der Waals surface area contributed by atoms with E-state index in [1.807, 2.05) is 0 Å². The third kappa shape index (κ3) is 2.59. The zero-order chi connectivity index (χ0) is 14.2. The highest BCUT2D eigenvalue weighted by molar-refractivity contribution is 7.99. The molecule has 0 saturated carbocycles. The largest absolute Gasteiger partial charge is 0.349 e. The summed E-state index contributed by atoms with van der Waals surface area (Å²) in [4.78, 5) is 24.9. The second-order valence-electron chi connectivity index (χ2n) is 3.66. The molecule has 102 valence electrons. The number of hydrazine groups is 1. The molecular weight excluding hydrogens is 311 g/mol. The summed E-state index contributed by atoms with van der Waals surface area (Å²) in [7, 11) is 0. The van der Waals surface area contributed by atoms with Crippen molar-refractivity contribution in [2.24, 2.45) is 5.84 Å². The van der Waals surface area contributed by atoms with Crippen molar-refractivity contribution in [3.8, 4) is 0 Å². The van der Waals surface area contributed by atoms with Gasteiger partial charge in [-0.25, -0.2) is 25.3 Å². The molecule has 1 saturated heterocycles. The summed E-state index contributed by atoms with van der Waals surface area (Å²) in [5.41, 5.74) is -0.300. The molecule has 3 N–H and O–H groups in total. The van der Waals surface area contributed by atoms with Crippen LogP contribution in [0.15, 0.2) is 18.2 Å². The van der Waals surface area contributed by atoms with E-state index >= 15 is 0 Å². The maximum Gasteiger partial charge on any atom is 0.349 e. The summed E-state index contributed by atoms with van der Waals surface area (Å²) in [6.07, 6.45) is 1.73. The zero-order valence-corrected chi connectivity index (χ0v) is 12.1. The number of halogens is 2. The summed E-state index contributed by atoms with van der Waals surface area (Å²) in [5, 5.41) is 4.10. The first-order valence-electron chi connectivity index (χ1n) is 5.12. The lowest BCUT2D eigenvalue weighted by molar-refractivity contribution is 0.179. The molecule has 0 aliphatic carbocycles. The second-order valence-corrected chi connectivity index (χ2v) is 5.39. The monoisotopic (exact) mass is 320 g/mol. The standard InChI is InChI=1S/C10H10Cl2N4O2S/c1-19-9-14-8(17)15(10(18)16(9)13)5-2-3-6(11)7(12)4-5/h2-4,9H,13H2,1H3,(H,14,17). The lowest BCUT2D eigenvalue weighted by Crippen LogP contribution is -2.66. The fourth-order valence-corrected chi connectivity index (χ4v) is 2.39. The molecule has 9 heteroatoms.